The number of methoxy groups -OCH3 is 1. The standard InChI is InChI=1S/C18H23IN2O2/c1-6-7-21-18(23-5)16(10-20-21)17(22)14-8-11(2)12(3)13(4)15(14)9-19/h8,10H,6-7,9H2,1-5H3. The molecule has 0 bridgehead atoms. The maximum Gasteiger partial charge on any atom is 0.223 e. The number of carbonyl (C=O) groups is 1. The zero-order chi connectivity index (χ0) is 17.1. The predicted octanol–water partition coefficient (Wildman–Crippen LogP) is 4.39. The van der Waals surface area contributed by atoms with Crippen molar-refractivity contribution in [3.05, 3.63) is 45.6 Å². The highest BCUT2D eigenvalue weighted by Crippen LogP contribution is 2.29. The molecular weight excluding hydrogens is 403 g/mol. The normalized spacial score (nSPS) is 10.9. The first-order valence-electron chi connectivity index (χ1n) is 7.76. The number of ether oxygens (including phenoxy) is 1. The molecule has 0 saturated heterocycles. The van der Waals surface area contributed by atoms with Crippen molar-refractivity contribution in [2.75, 3.05) is 7.11 Å². The molecule has 0 atom stereocenters. The van der Waals surface area contributed by atoms with Gasteiger partial charge in [0.25, 0.3) is 0 Å². The first-order valence-corrected chi connectivity index (χ1v) is 9.28. The lowest BCUT2D eigenvalue weighted by Gasteiger charge is -2.15. The first kappa shape index (κ1) is 18.0. The Morgan fingerprint density at radius 1 is 1.26 bits per heavy atom. The molecule has 23 heavy (non-hydrogen) atoms. The van der Waals surface area contributed by atoms with Gasteiger partial charge in [0.15, 0.2) is 5.78 Å². The Morgan fingerprint density at radius 3 is 2.52 bits per heavy atom. The smallest absolute Gasteiger partial charge is 0.223 e. The summed E-state index contributed by atoms with van der Waals surface area (Å²) in [5, 5.41) is 4.31. The van der Waals surface area contributed by atoms with E-state index in [4.69, 9.17) is 4.74 Å². The van der Waals surface area contributed by atoms with Crippen LogP contribution in [0.5, 0.6) is 5.88 Å². The molecule has 0 amide bonds. The van der Waals surface area contributed by atoms with Crippen molar-refractivity contribution in [1.82, 2.24) is 9.78 Å². The van der Waals surface area contributed by atoms with Crippen LogP contribution in [0, 0.1) is 20.8 Å². The van der Waals surface area contributed by atoms with Crippen LogP contribution >= 0.6 is 22.6 Å². The minimum absolute atomic E-state index is 0.0120. The molecule has 124 valence electrons. The Kier molecular flexibility index (Phi) is 5.84. The van der Waals surface area contributed by atoms with Crippen molar-refractivity contribution >= 4 is 28.4 Å². The summed E-state index contributed by atoms with van der Waals surface area (Å²) in [4.78, 5) is 13.1. The maximum absolute atomic E-state index is 13.1. The van der Waals surface area contributed by atoms with Crippen molar-refractivity contribution in [3.8, 4) is 5.88 Å². The number of aryl methyl sites for hydroxylation is 2. The summed E-state index contributed by atoms with van der Waals surface area (Å²) in [6.45, 7) is 9.05. The molecule has 0 aliphatic heterocycles. The number of hydrogen-bond donors (Lipinski definition) is 0. The quantitative estimate of drug-likeness (QED) is 0.391. The van der Waals surface area contributed by atoms with Gasteiger partial charge in [0.1, 0.15) is 5.56 Å². The molecular formula is C18H23IN2O2. The monoisotopic (exact) mass is 426 g/mol. The number of carbonyl (C=O) groups excluding carboxylic acids is 1. The highest BCUT2D eigenvalue weighted by atomic mass is 127. The number of benzene rings is 1. The molecule has 4 nitrogen and oxygen atoms in total. The van der Waals surface area contributed by atoms with E-state index in [1.807, 2.05) is 13.0 Å². The van der Waals surface area contributed by atoms with Gasteiger partial charge >= 0.3 is 0 Å². The lowest BCUT2D eigenvalue weighted by molar-refractivity contribution is 0.103. The minimum Gasteiger partial charge on any atom is -0.481 e. The van der Waals surface area contributed by atoms with E-state index in [0.29, 0.717) is 11.4 Å². The maximum atomic E-state index is 13.1. The van der Waals surface area contributed by atoms with Gasteiger partial charge in [0.05, 0.1) is 13.3 Å². The lowest BCUT2D eigenvalue weighted by atomic mass is 9.91. The van der Waals surface area contributed by atoms with E-state index in [1.165, 1.54) is 11.1 Å². The van der Waals surface area contributed by atoms with E-state index in [1.54, 1.807) is 18.0 Å². The van der Waals surface area contributed by atoms with E-state index in [0.717, 1.165) is 34.1 Å². The molecule has 0 N–H and O–H groups in total. The van der Waals surface area contributed by atoms with Gasteiger partial charge in [-0.05, 0) is 55.5 Å². The number of hydrogen-bond acceptors (Lipinski definition) is 3. The second kappa shape index (κ2) is 7.47. The van der Waals surface area contributed by atoms with Crippen molar-refractivity contribution < 1.29 is 9.53 Å². The van der Waals surface area contributed by atoms with E-state index >= 15 is 0 Å². The van der Waals surface area contributed by atoms with E-state index < -0.39 is 0 Å². The van der Waals surface area contributed by atoms with Gasteiger partial charge in [-0.2, -0.15) is 5.10 Å². The number of aromatic nitrogens is 2. The van der Waals surface area contributed by atoms with Crippen LogP contribution in [-0.4, -0.2) is 22.7 Å². The first-order chi connectivity index (χ1) is 11.0. The van der Waals surface area contributed by atoms with E-state index in [-0.39, 0.29) is 5.78 Å². The highest BCUT2D eigenvalue weighted by molar-refractivity contribution is 14.1. The topological polar surface area (TPSA) is 44.1 Å². The zero-order valence-electron chi connectivity index (χ0n) is 14.4. The second-order valence-corrected chi connectivity index (χ2v) is 6.49. The van der Waals surface area contributed by atoms with Crippen LogP contribution in [0.2, 0.25) is 0 Å². The number of ketones is 1. The fourth-order valence-electron chi connectivity index (χ4n) is 2.77. The molecule has 2 aromatic rings. The van der Waals surface area contributed by atoms with Gasteiger partial charge in [0.2, 0.25) is 5.88 Å². The van der Waals surface area contributed by atoms with Crippen molar-refractivity contribution in [2.24, 2.45) is 0 Å². The lowest BCUT2D eigenvalue weighted by Crippen LogP contribution is -2.10. The molecule has 0 spiro atoms. The number of alkyl halides is 1. The van der Waals surface area contributed by atoms with Gasteiger partial charge in [-0.3, -0.25) is 4.79 Å². The van der Waals surface area contributed by atoms with Gasteiger partial charge in [0, 0.05) is 16.5 Å². The predicted molar refractivity (Wildman–Crippen MR) is 101 cm³/mol. The van der Waals surface area contributed by atoms with Crippen molar-refractivity contribution in [1.29, 1.82) is 0 Å². The molecule has 0 radical (unpaired) electrons. The Bertz CT molecular complexity index is 735. The van der Waals surface area contributed by atoms with E-state index in [2.05, 4.69) is 48.5 Å². The second-order valence-electron chi connectivity index (χ2n) is 5.72. The number of rotatable bonds is 6. The molecule has 0 fully saturated rings. The Hall–Kier alpha value is -1.37. The molecule has 5 heteroatoms. The molecule has 0 aliphatic carbocycles. The van der Waals surface area contributed by atoms with Crippen LogP contribution in [-0.2, 0) is 11.0 Å². The third-order valence-electron chi connectivity index (χ3n) is 4.34. The molecule has 1 aromatic heterocycles. The Labute approximate surface area is 151 Å². The SMILES string of the molecule is CCCn1ncc(C(=O)c2cc(C)c(C)c(C)c2CI)c1OC. The summed E-state index contributed by atoms with van der Waals surface area (Å²) in [5.74, 6) is 0.536. The summed E-state index contributed by atoms with van der Waals surface area (Å²) in [6, 6.07) is 2.00. The number of halogens is 1. The fraction of sp³-hybridized carbons (Fsp3) is 0.444. The summed E-state index contributed by atoms with van der Waals surface area (Å²) in [6.07, 6.45) is 2.56. The third kappa shape index (κ3) is 3.29. The molecule has 2 rings (SSSR count). The summed E-state index contributed by atoms with van der Waals surface area (Å²) in [7, 11) is 1.59. The number of nitrogens with zero attached hydrogens (tertiary/aromatic N) is 2. The minimum atomic E-state index is -0.0120. The van der Waals surface area contributed by atoms with Crippen LogP contribution in [0.25, 0.3) is 0 Å². The highest BCUT2D eigenvalue weighted by Gasteiger charge is 2.23. The average molecular weight is 426 g/mol. The van der Waals surface area contributed by atoms with Crippen LogP contribution < -0.4 is 4.74 Å². The van der Waals surface area contributed by atoms with Crippen molar-refractivity contribution in [2.45, 2.75) is 45.1 Å². The van der Waals surface area contributed by atoms with Gasteiger partial charge < -0.3 is 4.74 Å². The van der Waals surface area contributed by atoms with Gasteiger partial charge in [-0.1, -0.05) is 29.5 Å². The van der Waals surface area contributed by atoms with Crippen molar-refractivity contribution in [3.63, 3.8) is 0 Å². The Balaban J connectivity index is 2.58. The molecule has 1 heterocycles. The largest absolute Gasteiger partial charge is 0.481 e. The van der Waals surface area contributed by atoms with Crippen LogP contribution in [0.3, 0.4) is 0 Å². The molecule has 0 saturated carbocycles. The molecule has 0 aliphatic rings. The average Bonchev–Trinajstić information content (AvgIpc) is 2.94. The van der Waals surface area contributed by atoms with Gasteiger partial charge in [-0.15, -0.1) is 0 Å². The third-order valence-corrected chi connectivity index (χ3v) is 5.10. The summed E-state index contributed by atoms with van der Waals surface area (Å²) in [5.41, 5.74) is 5.98. The van der Waals surface area contributed by atoms with Crippen LogP contribution in [0.15, 0.2) is 12.3 Å². The zero-order valence-corrected chi connectivity index (χ0v) is 16.5. The Morgan fingerprint density at radius 2 is 1.96 bits per heavy atom. The van der Waals surface area contributed by atoms with Crippen LogP contribution in [0.1, 0.15) is 51.5 Å². The fourth-order valence-corrected chi connectivity index (χ4v) is 3.76. The van der Waals surface area contributed by atoms with Crippen LogP contribution in [0.4, 0.5) is 0 Å². The summed E-state index contributed by atoms with van der Waals surface area (Å²) < 4.78 is 8.00. The molecule has 1 aromatic carbocycles. The van der Waals surface area contributed by atoms with E-state index in [9.17, 15) is 4.79 Å². The van der Waals surface area contributed by atoms with Gasteiger partial charge in [-0.25, -0.2) is 4.68 Å². The molecule has 0 unspecified atom stereocenters. The summed E-state index contributed by atoms with van der Waals surface area (Å²) >= 11 is 2.32.